The lowest BCUT2D eigenvalue weighted by Gasteiger charge is -2.26. The number of nitrogens with zero attached hydrogens (tertiary/aromatic N) is 3. The smallest absolute Gasteiger partial charge is 0.322 e. The molecule has 156 valence electrons. The molecule has 2 N–H and O–H groups in total. The molecule has 0 aliphatic rings. The molecule has 0 aliphatic carbocycles. The molecule has 3 amide bonds. The topological polar surface area (TPSA) is 87.2 Å². The first kappa shape index (κ1) is 21.7. The Morgan fingerprint density at radius 2 is 1.83 bits per heavy atom. The lowest BCUT2D eigenvalue weighted by molar-refractivity contribution is 0.0946. The fourth-order valence-corrected chi connectivity index (χ4v) is 3.52. The number of anilines is 1. The van der Waals surface area contributed by atoms with Crippen LogP contribution in [0.4, 0.5) is 10.5 Å². The second kappa shape index (κ2) is 10.2. The Kier molecular flexibility index (Phi) is 7.37. The maximum Gasteiger partial charge on any atom is 0.322 e. The van der Waals surface area contributed by atoms with Crippen LogP contribution in [0.5, 0.6) is 0 Å². The number of hydrogen-bond acceptors (Lipinski definition) is 5. The van der Waals surface area contributed by atoms with Gasteiger partial charge in [-0.1, -0.05) is 11.6 Å². The Labute approximate surface area is 184 Å². The van der Waals surface area contributed by atoms with E-state index in [-0.39, 0.29) is 18.0 Å². The van der Waals surface area contributed by atoms with E-state index in [4.69, 9.17) is 11.6 Å². The van der Waals surface area contributed by atoms with Gasteiger partial charge in [-0.15, -0.1) is 11.3 Å². The molecule has 2 heterocycles. The number of thiazole rings is 1. The minimum absolute atomic E-state index is 0.0508. The van der Waals surface area contributed by atoms with Crippen molar-refractivity contribution in [1.82, 2.24) is 20.2 Å². The first-order valence-electron chi connectivity index (χ1n) is 9.37. The zero-order chi connectivity index (χ0) is 21.5. The summed E-state index contributed by atoms with van der Waals surface area (Å²) in [6, 6.07) is 10.3. The summed E-state index contributed by atoms with van der Waals surface area (Å²) in [4.78, 5) is 35.1. The molecule has 1 aromatic carbocycles. The predicted molar refractivity (Wildman–Crippen MR) is 119 cm³/mol. The van der Waals surface area contributed by atoms with Gasteiger partial charge < -0.3 is 15.5 Å². The molecule has 3 rings (SSSR count). The van der Waals surface area contributed by atoms with E-state index < -0.39 is 0 Å². The number of benzene rings is 1. The van der Waals surface area contributed by atoms with E-state index in [0.717, 1.165) is 5.56 Å². The third-order valence-electron chi connectivity index (χ3n) is 4.27. The van der Waals surface area contributed by atoms with Crippen LogP contribution in [-0.4, -0.2) is 32.8 Å². The maximum absolute atomic E-state index is 12.7. The number of nitrogens with one attached hydrogen (secondary N) is 2. The van der Waals surface area contributed by atoms with Gasteiger partial charge >= 0.3 is 6.03 Å². The third-order valence-corrected chi connectivity index (χ3v) is 5.36. The summed E-state index contributed by atoms with van der Waals surface area (Å²) >= 11 is 7.24. The SMILES string of the molecule is CC(C)N(Cc1nc(C(=O)NCc2ccncc2)cs1)C(=O)Nc1ccc(Cl)cc1. The van der Waals surface area contributed by atoms with Gasteiger partial charge in [0.1, 0.15) is 10.7 Å². The highest BCUT2D eigenvalue weighted by Gasteiger charge is 2.20. The van der Waals surface area contributed by atoms with E-state index in [0.29, 0.717) is 34.5 Å². The molecule has 2 aromatic heterocycles. The van der Waals surface area contributed by atoms with Crippen molar-refractivity contribution in [3.63, 3.8) is 0 Å². The Morgan fingerprint density at radius 1 is 1.13 bits per heavy atom. The summed E-state index contributed by atoms with van der Waals surface area (Å²) in [5, 5.41) is 8.69. The molecule has 0 radical (unpaired) electrons. The van der Waals surface area contributed by atoms with Crippen LogP contribution in [0.25, 0.3) is 0 Å². The van der Waals surface area contributed by atoms with Crippen LogP contribution < -0.4 is 10.6 Å². The summed E-state index contributed by atoms with van der Waals surface area (Å²) < 4.78 is 0. The number of pyridine rings is 1. The Morgan fingerprint density at radius 3 is 2.50 bits per heavy atom. The van der Waals surface area contributed by atoms with Crippen LogP contribution in [0.3, 0.4) is 0 Å². The molecule has 7 nitrogen and oxygen atoms in total. The van der Waals surface area contributed by atoms with Crippen molar-refractivity contribution in [1.29, 1.82) is 0 Å². The van der Waals surface area contributed by atoms with E-state index >= 15 is 0 Å². The van der Waals surface area contributed by atoms with Crippen LogP contribution in [0.2, 0.25) is 5.02 Å². The summed E-state index contributed by atoms with van der Waals surface area (Å²) in [5.74, 6) is -0.254. The fourth-order valence-electron chi connectivity index (χ4n) is 2.62. The van der Waals surface area contributed by atoms with Crippen molar-refractivity contribution in [2.45, 2.75) is 33.0 Å². The molecule has 30 heavy (non-hydrogen) atoms. The average molecular weight is 444 g/mol. The van der Waals surface area contributed by atoms with Crippen molar-refractivity contribution in [2.75, 3.05) is 5.32 Å². The number of aromatic nitrogens is 2. The standard InChI is InChI=1S/C21H22ClN5O2S/c1-14(2)27(21(29)25-17-5-3-16(22)4-6-17)12-19-26-18(13-30-19)20(28)24-11-15-7-9-23-10-8-15/h3-10,13-14H,11-12H2,1-2H3,(H,24,28)(H,25,29). The predicted octanol–water partition coefficient (Wildman–Crippen LogP) is 4.56. The molecule has 0 atom stereocenters. The van der Waals surface area contributed by atoms with Crippen molar-refractivity contribution in [3.05, 3.63) is 75.5 Å². The number of carbonyl (C=O) groups is 2. The summed E-state index contributed by atoms with van der Waals surface area (Å²) in [6.07, 6.45) is 3.36. The molecule has 9 heteroatoms. The highest BCUT2D eigenvalue weighted by atomic mass is 35.5. The molecular formula is C21H22ClN5O2S. The van der Waals surface area contributed by atoms with E-state index in [1.54, 1.807) is 46.9 Å². The van der Waals surface area contributed by atoms with Gasteiger partial charge in [0.2, 0.25) is 0 Å². The Balaban J connectivity index is 1.60. The van der Waals surface area contributed by atoms with Gasteiger partial charge in [-0.2, -0.15) is 0 Å². The number of amides is 3. The van der Waals surface area contributed by atoms with Gasteiger partial charge in [0.25, 0.3) is 5.91 Å². The quantitative estimate of drug-likeness (QED) is 0.560. The van der Waals surface area contributed by atoms with Gasteiger partial charge in [-0.3, -0.25) is 9.78 Å². The molecule has 0 saturated heterocycles. The number of hydrogen-bond donors (Lipinski definition) is 2. The normalized spacial score (nSPS) is 10.7. The molecule has 0 unspecified atom stereocenters. The number of urea groups is 1. The van der Waals surface area contributed by atoms with E-state index in [1.165, 1.54) is 11.3 Å². The first-order chi connectivity index (χ1) is 14.4. The molecular weight excluding hydrogens is 422 g/mol. The van der Waals surface area contributed by atoms with Gasteiger partial charge in [-0.05, 0) is 55.8 Å². The lowest BCUT2D eigenvalue weighted by Crippen LogP contribution is -2.39. The second-order valence-electron chi connectivity index (χ2n) is 6.82. The number of carbonyl (C=O) groups excluding carboxylic acids is 2. The minimum atomic E-state index is -0.254. The molecule has 0 spiro atoms. The van der Waals surface area contributed by atoms with E-state index in [1.807, 2.05) is 26.0 Å². The van der Waals surface area contributed by atoms with Crippen molar-refractivity contribution >= 4 is 40.6 Å². The van der Waals surface area contributed by atoms with Crippen LogP contribution in [0.1, 0.15) is 34.9 Å². The largest absolute Gasteiger partial charge is 0.347 e. The van der Waals surface area contributed by atoms with Gasteiger partial charge in [0, 0.05) is 41.1 Å². The first-order valence-corrected chi connectivity index (χ1v) is 10.6. The van der Waals surface area contributed by atoms with Gasteiger partial charge in [0.05, 0.1) is 6.54 Å². The summed E-state index contributed by atoms with van der Waals surface area (Å²) in [6.45, 7) is 4.56. The summed E-state index contributed by atoms with van der Waals surface area (Å²) in [7, 11) is 0. The summed E-state index contributed by atoms with van der Waals surface area (Å²) in [5.41, 5.74) is 1.95. The van der Waals surface area contributed by atoms with Crippen LogP contribution in [0.15, 0.2) is 54.2 Å². The van der Waals surface area contributed by atoms with Crippen LogP contribution in [-0.2, 0) is 13.1 Å². The Bertz CT molecular complexity index is 992. The second-order valence-corrected chi connectivity index (χ2v) is 8.20. The van der Waals surface area contributed by atoms with Crippen LogP contribution in [0, 0.1) is 0 Å². The number of halogens is 1. The average Bonchev–Trinajstić information content (AvgIpc) is 3.21. The zero-order valence-electron chi connectivity index (χ0n) is 16.6. The van der Waals surface area contributed by atoms with E-state index in [2.05, 4.69) is 20.6 Å². The van der Waals surface area contributed by atoms with Crippen LogP contribution >= 0.6 is 22.9 Å². The lowest BCUT2D eigenvalue weighted by atomic mass is 10.2. The van der Waals surface area contributed by atoms with Gasteiger partial charge in [-0.25, -0.2) is 9.78 Å². The monoisotopic (exact) mass is 443 g/mol. The molecule has 3 aromatic rings. The maximum atomic E-state index is 12.7. The van der Waals surface area contributed by atoms with Crippen molar-refractivity contribution in [2.24, 2.45) is 0 Å². The minimum Gasteiger partial charge on any atom is -0.347 e. The molecule has 0 bridgehead atoms. The van der Waals surface area contributed by atoms with E-state index in [9.17, 15) is 9.59 Å². The molecule has 0 aliphatic heterocycles. The van der Waals surface area contributed by atoms with Gasteiger partial charge in [0.15, 0.2) is 0 Å². The van der Waals surface area contributed by atoms with Crippen molar-refractivity contribution in [3.8, 4) is 0 Å². The molecule has 0 saturated carbocycles. The highest BCUT2D eigenvalue weighted by molar-refractivity contribution is 7.09. The third kappa shape index (κ3) is 6.01. The fraction of sp³-hybridized carbons (Fsp3) is 0.238. The molecule has 0 fully saturated rings. The Hall–Kier alpha value is -2.97. The zero-order valence-corrected chi connectivity index (χ0v) is 18.2. The number of rotatable bonds is 7. The highest BCUT2D eigenvalue weighted by Crippen LogP contribution is 2.18. The van der Waals surface area contributed by atoms with Crippen molar-refractivity contribution < 1.29 is 9.59 Å².